The molecule has 0 radical (unpaired) electrons. The monoisotopic (exact) mass is 397 g/mol. The van der Waals surface area contributed by atoms with Crippen LogP contribution in [-0.4, -0.2) is 23.0 Å². The first-order valence-electron chi connectivity index (χ1n) is 9.92. The van der Waals surface area contributed by atoms with Crippen LogP contribution in [0, 0.1) is 5.92 Å². The molecule has 7 nitrogen and oxygen atoms in total. The van der Waals surface area contributed by atoms with Crippen molar-refractivity contribution in [2.75, 3.05) is 4.90 Å². The number of hydrogen-bond acceptors (Lipinski definition) is 4. The lowest BCUT2D eigenvalue weighted by Crippen LogP contribution is -2.54. The minimum atomic E-state index is -0.552. The molecule has 0 saturated heterocycles. The highest BCUT2D eigenvalue weighted by Gasteiger charge is 2.42. The topological polar surface area (TPSA) is 91.5 Å². The van der Waals surface area contributed by atoms with Crippen molar-refractivity contribution in [3.63, 3.8) is 0 Å². The number of H-pyrrole nitrogens is 1. The van der Waals surface area contributed by atoms with Gasteiger partial charge in [-0.25, -0.2) is 4.79 Å². The lowest BCUT2D eigenvalue weighted by molar-refractivity contribution is -0.117. The normalized spacial score (nSPS) is 20.7. The number of carbonyl (C=O) groups is 2. The highest BCUT2D eigenvalue weighted by molar-refractivity contribution is 5.93. The fourth-order valence-corrected chi connectivity index (χ4v) is 4.07. The summed E-state index contributed by atoms with van der Waals surface area (Å²) in [4.78, 5) is 41.7. The number of nitrogens with zero attached hydrogens (tertiary/aromatic N) is 1. The maximum atomic E-state index is 12.6. The van der Waals surface area contributed by atoms with E-state index in [2.05, 4.69) is 10.3 Å². The zero-order chi connectivity index (χ0) is 21.0. The van der Waals surface area contributed by atoms with Crippen molar-refractivity contribution in [1.82, 2.24) is 10.3 Å². The standard InChI is InChI=1S/C22H27N3O4/c1-4-8-18-14(2)19(24-22(28)29-13-16-9-6-5-7-10-16)17-11-12-23-21(27)20(17)25(18)15(3)26/h5-7,9-12,14,18-19H,4,8,13H2,1-3H3,(H,23,27)(H,24,28)/t14-,18-,19?/m0/s1. The summed E-state index contributed by atoms with van der Waals surface area (Å²) in [6.45, 7) is 5.65. The van der Waals surface area contributed by atoms with Gasteiger partial charge in [0, 0.05) is 30.6 Å². The van der Waals surface area contributed by atoms with Crippen molar-refractivity contribution in [2.24, 2.45) is 5.92 Å². The molecular weight excluding hydrogens is 370 g/mol. The Bertz CT molecular complexity index is 925. The lowest BCUT2D eigenvalue weighted by atomic mass is 9.81. The van der Waals surface area contributed by atoms with Gasteiger partial charge in [-0.1, -0.05) is 50.6 Å². The highest BCUT2D eigenvalue weighted by atomic mass is 16.5. The number of benzene rings is 1. The van der Waals surface area contributed by atoms with Crippen molar-refractivity contribution >= 4 is 17.7 Å². The zero-order valence-corrected chi connectivity index (χ0v) is 17.0. The first-order chi connectivity index (χ1) is 13.9. The predicted molar refractivity (Wildman–Crippen MR) is 111 cm³/mol. The summed E-state index contributed by atoms with van der Waals surface area (Å²) < 4.78 is 5.38. The van der Waals surface area contributed by atoms with E-state index < -0.39 is 12.1 Å². The van der Waals surface area contributed by atoms with Crippen LogP contribution in [0.2, 0.25) is 0 Å². The molecule has 0 aliphatic carbocycles. The molecule has 1 unspecified atom stereocenters. The van der Waals surface area contributed by atoms with Gasteiger partial charge in [-0.2, -0.15) is 0 Å². The summed E-state index contributed by atoms with van der Waals surface area (Å²) in [5.74, 6) is -0.268. The van der Waals surface area contributed by atoms with Gasteiger partial charge in [-0.05, 0) is 18.1 Å². The maximum absolute atomic E-state index is 12.6. The number of pyridine rings is 1. The quantitative estimate of drug-likeness (QED) is 0.808. The van der Waals surface area contributed by atoms with Crippen LogP contribution < -0.4 is 15.8 Å². The molecular formula is C22H27N3O4. The molecule has 1 aliphatic heterocycles. The minimum absolute atomic E-state index is 0.0857. The number of hydrogen-bond donors (Lipinski definition) is 2. The molecule has 0 spiro atoms. The fraction of sp³-hybridized carbons (Fsp3) is 0.409. The molecule has 1 aromatic carbocycles. The smallest absolute Gasteiger partial charge is 0.407 e. The van der Waals surface area contributed by atoms with Crippen LogP contribution in [0.15, 0.2) is 47.4 Å². The van der Waals surface area contributed by atoms with Crippen LogP contribution in [-0.2, 0) is 16.1 Å². The summed E-state index contributed by atoms with van der Waals surface area (Å²) in [5, 5.41) is 2.92. The molecule has 1 aliphatic rings. The Morgan fingerprint density at radius 2 is 1.93 bits per heavy atom. The number of aromatic nitrogens is 1. The van der Waals surface area contributed by atoms with Crippen LogP contribution in [0.3, 0.4) is 0 Å². The van der Waals surface area contributed by atoms with Crippen LogP contribution in [0.1, 0.15) is 50.8 Å². The van der Waals surface area contributed by atoms with Gasteiger partial charge in [0.25, 0.3) is 5.56 Å². The van der Waals surface area contributed by atoms with Gasteiger partial charge in [0.2, 0.25) is 5.91 Å². The Labute approximate surface area is 170 Å². The third-order valence-corrected chi connectivity index (χ3v) is 5.42. The number of ether oxygens (including phenoxy) is 1. The van der Waals surface area contributed by atoms with Gasteiger partial charge < -0.3 is 19.9 Å². The molecule has 154 valence electrons. The van der Waals surface area contributed by atoms with E-state index in [9.17, 15) is 14.4 Å². The van der Waals surface area contributed by atoms with Crippen molar-refractivity contribution in [1.29, 1.82) is 0 Å². The van der Waals surface area contributed by atoms with Gasteiger partial charge in [0.15, 0.2) is 0 Å². The largest absolute Gasteiger partial charge is 0.445 e. The van der Waals surface area contributed by atoms with Crippen LogP contribution >= 0.6 is 0 Å². The average molecular weight is 397 g/mol. The van der Waals surface area contributed by atoms with Crippen molar-refractivity contribution in [2.45, 2.75) is 52.3 Å². The SMILES string of the molecule is CCC[C@H]1[C@H](C)C(NC(=O)OCc2ccccc2)c2cc[nH]c(=O)c2N1C(C)=O. The van der Waals surface area contributed by atoms with Crippen molar-refractivity contribution in [3.8, 4) is 0 Å². The van der Waals surface area contributed by atoms with E-state index in [1.54, 1.807) is 11.0 Å². The number of aromatic amines is 1. The van der Waals surface area contributed by atoms with Crippen LogP contribution in [0.5, 0.6) is 0 Å². The van der Waals surface area contributed by atoms with E-state index in [0.717, 1.165) is 18.4 Å². The number of alkyl carbamates (subject to hydrolysis) is 1. The van der Waals surface area contributed by atoms with Gasteiger partial charge in [0.05, 0.1) is 6.04 Å². The van der Waals surface area contributed by atoms with E-state index in [-0.39, 0.29) is 30.0 Å². The van der Waals surface area contributed by atoms with Gasteiger partial charge in [-0.15, -0.1) is 0 Å². The minimum Gasteiger partial charge on any atom is -0.445 e. The summed E-state index contributed by atoms with van der Waals surface area (Å²) in [6.07, 6.45) is 2.56. The number of rotatable bonds is 5. The number of amides is 2. The first-order valence-corrected chi connectivity index (χ1v) is 9.92. The number of fused-ring (bicyclic) bond motifs is 1. The Kier molecular flexibility index (Phi) is 6.36. The Balaban J connectivity index is 1.88. The Morgan fingerprint density at radius 1 is 1.21 bits per heavy atom. The van der Waals surface area contributed by atoms with E-state index in [0.29, 0.717) is 11.3 Å². The van der Waals surface area contributed by atoms with Crippen molar-refractivity contribution in [3.05, 3.63) is 64.1 Å². The molecule has 2 amide bonds. The third-order valence-electron chi connectivity index (χ3n) is 5.42. The Morgan fingerprint density at radius 3 is 2.59 bits per heavy atom. The Hall–Kier alpha value is -3.09. The third kappa shape index (κ3) is 4.34. The molecule has 0 bridgehead atoms. The maximum Gasteiger partial charge on any atom is 0.407 e. The molecule has 7 heteroatoms. The molecule has 1 aromatic heterocycles. The number of nitrogens with one attached hydrogen (secondary N) is 2. The van der Waals surface area contributed by atoms with Crippen LogP contribution in [0.4, 0.5) is 10.5 Å². The second-order valence-corrected chi connectivity index (χ2v) is 7.40. The lowest BCUT2D eigenvalue weighted by Gasteiger charge is -2.44. The van der Waals surface area contributed by atoms with E-state index in [1.807, 2.05) is 44.2 Å². The van der Waals surface area contributed by atoms with E-state index in [4.69, 9.17) is 4.74 Å². The molecule has 2 heterocycles. The number of carbonyl (C=O) groups excluding carboxylic acids is 2. The second-order valence-electron chi connectivity index (χ2n) is 7.40. The summed E-state index contributed by atoms with van der Waals surface area (Å²) in [7, 11) is 0. The van der Waals surface area contributed by atoms with E-state index >= 15 is 0 Å². The fourth-order valence-electron chi connectivity index (χ4n) is 4.07. The highest BCUT2D eigenvalue weighted by Crippen LogP contribution is 2.40. The number of anilines is 1. The first kappa shape index (κ1) is 20.6. The average Bonchev–Trinajstić information content (AvgIpc) is 2.70. The van der Waals surface area contributed by atoms with Crippen molar-refractivity contribution < 1.29 is 14.3 Å². The second kappa shape index (κ2) is 8.94. The predicted octanol–water partition coefficient (Wildman–Crippen LogP) is 3.51. The summed E-state index contributed by atoms with van der Waals surface area (Å²) >= 11 is 0. The molecule has 3 rings (SSSR count). The van der Waals surface area contributed by atoms with Crippen LogP contribution in [0.25, 0.3) is 0 Å². The molecule has 2 N–H and O–H groups in total. The summed E-state index contributed by atoms with van der Waals surface area (Å²) in [6, 6.07) is 10.6. The molecule has 0 fully saturated rings. The van der Waals surface area contributed by atoms with Gasteiger partial charge >= 0.3 is 6.09 Å². The molecule has 0 saturated carbocycles. The molecule has 29 heavy (non-hydrogen) atoms. The van der Waals surface area contributed by atoms with Gasteiger partial charge in [-0.3, -0.25) is 9.59 Å². The molecule has 3 atom stereocenters. The molecule has 2 aromatic rings. The van der Waals surface area contributed by atoms with Gasteiger partial charge in [0.1, 0.15) is 12.3 Å². The van der Waals surface area contributed by atoms with E-state index in [1.165, 1.54) is 13.1 Å². The zero-order valence-electron chi connectivity index (χ0n) is 17.0. The summed E-state index contributed by atoms with van der Waals surface area (Å²) in [5.41, 5.74) is 1.49.